The largest absolute Gasteiger partial charge is 0.481 e. The maximum absolute atomic E-state index is 12.8. The molecular weight excluding hydrogens is 342 g/mol. The molecule has 1 aliphatic heterocycles. The molecule has 1 aliphatic rings. The average Bonchev–Trinajstić information content (AvgIpc) is 2.60. The number of para-hydroxylation sites is 1. The van der Waals surface area contributed by atoms with Gasteiger partial charge in [0.05, 0.1) is 0 Å². The van der Waals surface area contributed by atoms with Crippen LogP contribution in [0.1, 0.15) is 32.6 Å². The Labute approximate surface area is 155 Å². The number of amides is 2. The molecule has 7 heteroatoms. The number of likely N-dealkylation sites (tertiary alicyclic amines) is 1. The zero-order chi connectivity index (χ0) is 17.4. The summed E-state index contributed by atoms with van der Waals surface area (Å²) in [5, 5.41) is 2.87. The van der Waals surface area contributed by atoms with E-state index in [1.54, 1.807) is 6.92 Å². The second kappa shape index (κ2) is 10.9. The highest BCUT2D eigenvalue weighted by molar-refractivity contribution is 5.85. The highest BCUT2D eigenvalue weighted by atomic mass is 35.5. The molecule has 2 unspecified atom stereocenters. The standard InChI is InChI=1S/C18H27N3O3.ClH/c1-14(24-16-8-3-2-4-9-16)18(23)21-12-6-5-7-15(21)13-20-17(22)10-11-19;/h2-4,8-9,14-15H,5-7,10-13,19H2,1H3,(H,20,22);1H. The second-order valence-electron chi connectivity index (χ2n) is 6.10. The molecule has 0 saturated carbocycles. The summed E-state index contributed by atoms with van der Waals surface area (Å²) in [7, 11) is 0. The summed E-state index contributed by atoms with van der Waals surface area (Å²) < 4.78 is 5.75. The van der Waals surface area contributed by atoms with Crippen molar-refractivity contribution in [1.82, 2.24) is 10.2 Å². The molecule has 2 rings (SSSR count). The monoisotopic (exact) mass is 369 g/mol. The number of rotatable bonds is 7. The van der Waals surface area contributed by atoms with E-state index in [1.807, 2.05) is 35.2 Å². The Morgan fingerprint density at radius 3 is 2.72 bits per heavy atom. The van der Waals surface area contributed by atoms with E-state index >= 15 is 0 Å². The first kappa shape index (κ1) is 21.3. The molecule has 2 atom stereocenters. The Morgan fingerprint density at radius 2 is 2.04 bits per heavy atom. The number of carbonyl (C=O) groups is 2. The average molecular weight is 370 g/mol. The molecule has 1 aromatic rings. The molecule has 0 aliphatic carbocycles. The molecule has 1 heterocycles. The quantitative estimate of drug-likeness (QED) is 0.766. The molecule has 0 aromatic heterocycles. The summed E-state index contributed by atoms with van der Waals surface area (Å²) in [6, 6.07) is 9.36. The normalized spacial score (nSPS) is 18.0. The smallest absolute Gasteiger partial charge is 0.263 e. The first-order valence-electron chi connectivity index (χ1n) is 8.60. The molecule has 1 aromatic carbocycles. The number of nitrogens with zero attached hydrogens (tertiary/aromatic N) is 1. The van der Waals surface area contributed by atoms with Crippen molar-refractivity contribution >= 4 is 24.2 Å². The van der Waals surface area contributed by atoms with Crippen LogP contribution in [0.2, 0.25) is 0 Å². The van der Waals surface area contributed by atoms with Gasteiger partial charge in [-0.15, -0.1) is 12.4 Å². The van der Waals surface area contributed by atoms with Gasteiger partial charge in [-0.2, -0.15) is 0 Å². The molecule has 140 valence electrons. The van der Waals surface area contributed by atoms with Crippen LogP contribution < -0.4 is 15.8 Å². The highest BCUT2D eigenvalue weighted by Crippen LogP contribution is 2.19. The predicted molar refractivity (Wildman–Crippen MR) is 99.8 cm³/mol. The first-order chi connectivity index (χ1) is 11.6. The van der Waals surface area contributed by atoms with Crippen molar-refractivity contribution in [3.63, 3.8) is 0 Å². The van der Waals surface area contributed by atoms with E-state index in [0.717, 1.165) is 19.3 Å². The lowest BCUT2D eigenvalue weighted by Gasteiger charge is -2.37. The number of hydrogen-bond acceptors (Lipinski definition) is 4. The number of hydrogen-bond donors (Lipinski definition) is 2. The van der Waals surface area contributed by atoms with Gasteiger partial charge in [0.25, 0.3) is 5.91 Å². The maximum Gasteiger partial charge on any atom is 0.263 e. The van der Waals surface area contributed by atoms with Crippen LogP contribution in [0.4, 0.5) is 0 Å². The Balaban J connectivity index is 0.00000312. The summed E-state index contributed by atoms with van der Waals surface area (Å²) in [6.45, 7) is 3.29. The van der Waals surface area contributed by atoms with Crippen molar-refractivity contribution < 1.29 is 14.3 Å². The van der Waals surface area contributed by atoms with Crippen molar-refractivity contribution in [2.45, 2.75) is 44.8 Å². The number of piperidine rings is 1. The summed E-state index contributed by atoms with van der Waals surface area (Å²) in [5.41, 5.74) is 5.38. The summed E-state index contributed by atoms with van der Waals surface area (Å²) in [4.78, 5) is 26.2. The van der Waals surface area contributed by atoms with E-state index in [2.05, 4.69) is 5.32 Å². The van der Waals surface area contributed by atoms with Crippen molar-refractivity contribution in [1.29, 1.82) is 0 Å². The molecule has 2 amide bonds. The van der Waals surface area contributed by atoms with E-state index in [1.165, 1.54) is 0 Å². The van der Waals surface area contributed by atoms with E-state index in [0.29, 0.717) is 31.8 Å². The van der Waals surface area contributed by atoms with Crippen molar-refractivity contribution in [2.75, 3.05) is 19.6 Å². The minimum absolute atomic E-state index is 0. The van der Waals surface area contributed by atoms with E-state index in [4.69, 9.17) is 10.5 Å². The van der Waals surface area contributed by atoms with Gasteiger partial charge < -0.3 is 20.7 Å². The van der Waals surface area contributed by atoms with Crippen LogP contribution in [0.5, 0.6) is 5.75 Å². The van der Waals surface area contributed by atoms with Gasteiger partial charge in [-0.05, 0) is 38.3 Å². The van der Waals surface area contributed by atoms with Gasteiger partial charge in [0, 0.05) is 32.1 Å². The lowest BCUT2D eigenvalue weighted by atomic mass is 10.0. The Hall–Kier alpha value is -1.79. The summed E-state index contributed by atoms with van der Waals surface area (Å²) in [5.74, 6) is 0.587. The molecule has 0 bridgehead atoms. The Morgan fingerprint density at radius 1 is 1.32 bits per heavy atom. The van der Waals surface area contributed by atoms with Gasteiger partial charge in [0.15, 0.2) is 6.10 Å². The third-order valence-corrected chi connectivity index (χ3v) is 4.22. The molecule has 6 nitrogen and oxygen atoms in total. The van der Waals surface area contributed by atoms with Gasteiger partial charge >= 0.3 is 0 Å². The number of carbonyl (C=O) groups excluding carboxylic acids is 2. The number of nitrogens with one attached hydrogen (secondary N) is 1. The molecule has 25 heavy (non-hydrogen) atoms. The Bertz CT molecular complexity index is 542. The van der Waals surface area contributed by atoms with Crippen molar-refractivity contribution in [2.24, 2.45) is 5.73 Å². The van der Waals surface area contributed by atoms with Crippen LogP contribution in [0.3, 0.4) is 0 Å². The predicted octanol–water partition coefficient (Wildman–Crippen LogP) is 1.72. The minimum Gasteiger partial charge on any atom is -0.481 e. The SMILES string of the molecule is CC(Oc1ccccc1)C(=O)N1CCCCC1CNC(=O)CCN.Cl. The number of ether oxygens (including phenoxy) is 1. The lowest BCUT2D eigenvalue weighted by molar-refractivity contribution is -0.142. The zero-order valence-corrected chi connectivity index (χ0v) is 15.5. The van der Waals surface area contributed by atoms with Gasteiger partial charge in [-0.1, -0.05) is 18.2 Å². The topological polar surface area (TPSA) is 84.7 Å². The van der Waals surface area contributed by atoms with E-state index in [-0.39, 0.29) is 30.3 Å². The summed E-state index contributed by atoms with van der Waals surface area (Å²) >= 11 is 0. The van der Waals surface area contributed by atoms with Crippen LogP contribution in [0.15, 0.2) is 30.3 Å². The summed E-state index contributed by atoms with van der Waals surface area (Å²) in [6.07, 6.45) is 2.71. The van der Waals surface area contributed by atoms with Crippen molar-refractivity contribution in [3.8, 4) is 5.75 Å². The fraction of sp³-hybridized carbons (Fsp3) is 0.556. The second-order valence-corrected chi connectivity index (χ2v) is 6.10. The van der Waals surface area contributed by atoms with Gasteiger partial charge in [-0.3, -0.25) is 9.59 Å². The molecule has 0 spiro atoms. The van der Waals surface area contributed by atoms with Gasteiger partial charge in [0.1, 0.15) is 5.75 Å². The first-order valence-corrected chi connectivity index (χ1v) is 8.60. The van der Waals surface area contributed by atoms with Crippen molar-refractivity contribution in [3.05, 3.63) is 30.3 Å². The third-order valence-electron chi connectivity index (χ3n) is 4.22. The highest BCUT2D eigenvalue weighted by Gasteiger charge is 2.30. The number of nitrogens with two attached hydrogens (primary N) is 1. The Kier molecular flexibility index (Phi) is 9.31. The number of benzene rings is 1. The molecule has 3 N–H and O–H groups in total. The minimum atomic E-state index is -0.548. The van der Waals surface area contributed by atoms with Gasteiger partial charge in [0.2, 0.25) is 5.91 Å². The van der Waals surface area contributed by atoms with E-state index in [9.17, 15) is 9.59 Å². The molecule has 1 saturated heterocycles. The van der Waals surface area contributed by atoms with Crippen LogP contribution >= 0.6 is 12.4 Å². The van der Waals surface area contributed by atoms with E-state index < -0.39 is 6.10 Å². The molecule has 1 fully saturated rings. The van der Waals surface area contributed by atoms with Crippen LogP contribution in [0, 0.1) is 0 Å². The molecule has 0 radical (unpaired) electrons. The fourth-order valence-corrected chi connectivity index (χ4v) is 2.94. The fourth-order valence-electron chi connectivity index (χ4n) is 2.94. The maximum atomic E-state index is 12.8. The lowest BCUT2D eigenvalue weighted by Crippen LogP contribution is -2.52. The van der Waals surface area contributed by atoms with Crippen LogP contribution in [-0.2, 0) is 9.59 Å². The zero-order valence-electron chi connectivity index (χ0n) is 14.6. The third kappa shape index (κ3) is 6.55. The van der Waals surface area contributed by atoms with Crippen LogP contribution in [0.25, 0.3) is 0 Å². The number of halogens is 1. The molecular formula is C18H28ClN3O3. The van der Waals surface area contributed by atoms with Crippen LogP contribution in [-0.4, -0.2) is 48.5 Å². The van der Waals surface area contributed by atoms with Gasteiger partial charge in [-0.25, -0.2) is 0 Å².